The summed E-state index contributed by atoms with van der Waals surface area (Å²) in [7, 11) is 1.67. The van der Waals surface area contributed by atoms with Gasteiger partial charge in [0.25, 0.3) is 0 Å². The smallest absolute Gasteiger partial charge is 0.303 e. The Bertz CT molecular complexity index is 1120. The third kappa shape index (κ3) is 6.91. The first kappa shape index (κ1) is 28.9. The lowest BCUT2D eigenvalue weighted by Crippen LogP contribution is -2.68. The van der Waals surface area contributed by atoms with E-state index >= 15 is 0 Å². The maximum atomic E-state index is 13.0. The molecule has 2 aromatic rings. The van der Waals surface area contributed by atoms with E-state index in [9.17, 15) is 9.59 Å². The first-order valence-corrected chi connectivity index (χ1v) is 14.4. The zero-order chi connectivity index (χ0) is 27.7. The highest BCUT2D eigenvalue weighted by molar-refractivity contribution is 5.76. The van der Waals surface area contributed by atoms with Gasteiger partial charge in [-0.25, -0.2) is 0 Å². The Kier molecular flexibility index (Phi) is 9.84. The number of aryl methyl sites for hydroxylation is 1. The Hall–Kier alpha value is -3.12. The first-order chi connectivity index (χ1) is 18.9. The summed E-state index contributed by atoms with van der Waals surface area (Å²) in [5, 5.41) is 3.35. The second-order valence-corrected chi connectivity index (χ2v) is 11.2. The third-order valence-electron chi connectivity index (χ3n) is 8.62. The van der Waals surface area contributed by atoms with Crippen molar-refractivity contribution in [3.05, 3.63) is 78.4 Å². The number of nitrogens with one attached hydrogen (secondary N) is 1. The van der Waals surface area contributed by atoms with E-state index in [4.69, 9.17) is 9.47 Å². The van der Waals surface area contributed by atoms with Crippen LogP contribution in [0.4, 0.5) is 0 Å². The number of esters is 1. The van der Waals surface area contributed by atoms with Gasteiger partial charge in [-0.15, -0.1) is 6.58 Å². The maximum absolute atomic E-state index is 13.0. The maximum Gasteiger partial charge on any atom is 0.303 e. The summed E-state index contributed by atoms with van der Waals surface area (Å²) in [6.07, 6.45) is 9.55. The van der Waals surface area contributed by atoms with Crippen molar-refractivity contribution in [3.8, 4) is 5.75 Å². The van der Waals surface area contributed by atoms with Gasteiger partial charge in [0.15, 0.2) is 0 Å². The van der Waals surface area contributed by atoms with Gasteiger partial charge in [0, 0.05) is 37.9 Å². The van der Waals surface area contributed by atoms with Crippen LogP contribution in [-0.4, -0.2) is 55.2 Å². The molecule has 1 amide bonds. The van der Waals surface area contributed by atoms with Gasteiger partial charge in [0.1, 0.15) is 11.4 Å². The van der Waals surface area contributed by atoms with Crippen LogP contribution in [0.3, 0.4) is 0 Å². The SMILES string of the molecule is C=CCN1CC[C@@]2(c3cccc(OC)c3)C[C@@H](NC(=O)CCCCCc3ccccc3)CC[C@]2(OC(C)=O)C1. The van der Waals surface area contributed by atoms with Crippen LogP contribution in [0.25, 0.3) is 0 Å². The minimum atomic E-state index is -0.675. The fourth-order valence-electron chi connectivity index (χ4n) is 6.80. The van der Waals surface area contributed by atoms with Crippen LogP contribution in [0.2, 0.25) is 0 Å². The fourth-order valence-corrected chi connectivity index (χ4v) is 6.80. The van der Waals surface area contributed by atoms with Crippen LogP contribution in [-0.2, 0) is 26.2 Å². The molecule has 1 heterocycles. The normalized spacial score (nSPS) is 24.8. The molecule has 3 atom stereocenters. The van der Waals surface area contributed by atoms with Crippen molar-refractivity contribution in [2.75, 3.05) is 26.7 Å². The second-order valence-electron chi connectivity index (χ2n) is 11.2. The molecule has 1 saturated heterocycles. The molecule has 2 fully saturated rings. The molecule has 0 aromatic heterocycles. The number of nitrogens with zero attached hydrogens (tertiary/aromatic N) is 1. The Morgan fingerprint density at radius 2 is 1.92 bits per heavy atom. The highest BCUT2D eigenvalue weighted by atomic mass is 16.6. The van der Waals surface area contributed by atoms with Gasteiger partial charge in [-0.1, -0.05) is 55.0 Å². The quantitative estimate of drug-likeness (QED) is 0.219. The molecule has 0 radical (unpaired) electrons. The topological polar surface area (TPSA) is 67.9 Å². The summed E-state index contributed by atoms with van der Waals surface area (Å²) in [5.74, 6) is 0.638. The van der Waals surface area contributed by atoms with Crippen molar-refractivity contribution in [3.63, 3.8) is 0 Å². The predicted molar refractivity (Wildman–Crippen MR) is 155 cm³/mol. The van der Waals surface area contributed by atoms with E-state index in [1.54, 1.807) is 7.11 Å². The van der Waals surface area contributed by atoms with E-state index in [1.165, 1.54) is 12.5 Å². The number of methoxy groups -OCH3 is 1. The molecule has 0 bridgehead atoms. The molecule has 6 nitrogen and oxygen atoms in total. The zero-order valence-electron chi connectivity index (χ0n) is 23.6. The number of carbonyl (C=O) groups excluding carboxylic acids is 2. The molecule has 39 heavy (non-hydrogen) atoms. The van der Waals surface area contributed by atoms with Crippen molar-refractivity contribution in [2.45, 2.75) is 81.8 Å². The fraction of sp³-hybridized carbons (Fsp3) is 0.515. The number of unbranched alkanes of at least 4 members (excludes halogenated alkanes) is 2. The van der Waals surface area contributed by atoms with Crippen LogP contribution >= 0.6 is 0 Å². The number of piperidine rings is 1. The molecule has 2 aromatic carbocycles. The summed E-state index contributed by atoms with van der Waals surface area (Å²) >= 11 is 0. The van der Waals surface area contributed by atoms with E-state index in [0.717, 1.165) is 69.3 Å². The van der Waals surface area contributed by atoms with Gasteiger partial charge in [-0.05, 0) is 74.8 Å². The van der Waals surface area contributed by atoms with E-state index in [-0.39, 0.29) is 17.9 Å². The highest BCUT2D eigenvalue weighted by Crippen LogP contribution is 2.54. The number of carbonyl (C=O) groups is 2. The molecular formula is C33H44N2O4. The number of ether oxygens (including phenoxy) is 2. The minimum absolute atomic E-state index is 0.0302. The van der Waals surface area contributed by atoms with E-state index < -0.39 is 11.0 Å². The standard InChI is InChI=1S/C33H44N2O4/c1-4-21-35-22-20-32(28-15-11-16-30(23-28)38-3)24-29(18-19-33(32,25-35)39-26(2)36)34-31(37)17-10-6-9-14-27-12-7-5-8-13-27/h4-5,7-8,11-13,15-16,23,29H,1,6,9-10,14,17-22,24-25H2,2-3H3,(H,34,37)/t29-,32-,33-/m0/s1. The minimum Gasteiger partial charge on any atom is -0.497 e. The van der Waals surface area contributed by atoms with E-state index in [2.05, 4.69) is 53.2 Å². The monoisotopic (exact) mass is 532 g/mol. The van der Waals surface area contributed by atoms with Crippen LogP contribution in [0, 0.1) is 0 Å². The number of likely N-dealkylation sites (tertiary alicyclic amines) is 1. The van der Waals surface area contributed by atoms with Gasteiger partial charge in [-0.3, -0.25) is 14.5 Å². The van der Waals surface area contributed by atoms with Crippen molar-refractivity contribution in [1.29, 1.82) is 0 Å². The summed E-state index contributed by atoms with van der Waals surface area (Å²) in [6, 6.07) is 18.7. The number of fused-ring (bicyclic) bond motifs is 1. The molecule has 1 aliphatic heterocycles. The van der Waals surface area contributed by atoms with Crippen LogP contribution in [0.15, 0.2) is 67.3 Å². The molecule has 6 heteroatoms. The molecule has 210 valence electrons. The summed E-state index contributed by atoms with van der Waals surface area (Å²) in [6.45, 7) is 7.70. The largest absolute Gasteiger partial charge is 0.497 e. The lowest BCUT2D eigenvalue weighted by Gasteiger charge is -2.59. The predicted octanol–water partition coefficient (Wildman–Crippen LogP) is 5.60. The number of benzene rings is 2. The van der Waals surface area contributed by atoms with Gasteiger partial charge in [-0.2, -0.15) is 0 Å². The molecule has 0 spiro atoms. The number of hydrogen-bond acceptors (Lipinski definition) is 5. The molecule has 2 aliphatic rings. The molecule has 1 aliphatic carbocycles. The molecule has 1 N–H and O–H groups in total. The van der Waals surface area contributed by atoms with Crippen molar-refractivity contribution in [2.24, 2.45) is 0 Å². The average Bonchev–Trinajstić information content (AvgIpc) is 2.93. The molecule has 1 saturated carbocycles. The Balaban J connectivity index is 1.46. The molecule has 4 rings (SSSR count). The summed E-state index contributed by atoms with van der Waals surface area (Å²) < 4.78 is 11.9. The van der Waals surface area contributed by atoms with Crippen molar-refractivity contribution < 1.29 is 19.1 Å². The lowest BCUT2D eigenvalue weighted by atomic mass is 9.55. The number of amides is 1. The number of hydrogen-bond donors (Lipinski definition) is 1. The summed E-state index contributed by atoms with van der Waals surface area (Å²) in [5.41, 5.74) is 1.37. The zero-order valence-corrected chi connectivity index (χ0v) is 23.6. The Labute approximate surface area is 233 Å². The Morgan fingerprint density at radius 3 is 2.67 bits per heavy atom. The second kappa shape index (κ2) is 13.3. The first-order valence-electron chi connectivity index (χ1n) is 14.4. The van der Waals surface area contributed by atoms with E-state index in [0.29, 0.717) is 19.4 Å². The average molecular weight is 533 g/mol. The highest BCUT2D eigenvalue weighted by Gasteiger charge is 2.60. The van der Waals surface area contributed by atoms with Crippen LogP contribution in [0.5, 0.6) is 5.75 Å². The lowest BCUT2D eigenvalue weighted by molar-refractivity contribution is -0.186. The van der Waals surface area contributed by atoms with Crippen LogP contribution < -0.4 is 10.1 Å². The Morgan fingerprint density at radius 1 is 1.10 bits per heavy atom. The molecule has 0 unspecified atom stereocenters. The van der Waals surface area contributed by atoms with Crippen molar-refractivity contribution >= 4 is 11.9 Å². The van der Waals surface area contributed by atoms with E-state index in [1.807, 2.05) is 24.3 Å². The van der Waals surface area contributed by atoms with Gasteiger partial charge in [0.05, 0.1) is 7.11 Å². The molecular weight excluding hydrogens is 488 g/mol. The van der Waals surface area contributed by atoms with Gasteiger partial charge < -0.3 is 14.8 Å². The summed E-state index contributed by atoms with van der Waals surface area (Å²) in [4.78, 5) is 27.8. The van der Waals surface area contributed by atoms with Gasteiger partial charge in [0.2, 0.25) is 5.91 Å². The third-order valence-corrected chi connectivity index (χ3v) is 8.62. The van der Waals surface area contributed by atoms with Crippen LogP contribution in [0.1, 0.15) is 69.4 Å². The van der Waals surface area contributed by atoms with Crippen molar-refractivity contribution in [1.82, 2.24) is 10.2 Å². The van der Waals surface area contributed by atoms with Gasteiger partial charge >= 0.3 is 5.97 Å². The number of rotatable bonds is 12.